The zero-order valence-corrected chi connectivity index (χ0v) is 19.6. The maximum Gasteiger partial charge on any atom is 0.0936 e. The van der Waals surface area contributed by atoms with E-state index in [2.05, 4.69) is 45.7 Å². The topological polar surface area (TPSA) is 49.4 Å². The summed E-state index contributed by atoms with van der Waals surface area (Å²) in [5, 5.41) is 21.9. The third kappa shape index (κ3) is 4.53. The van der Waals surface area contributed by atoms with Gasteiger partial charge in [-0.05, 0) is 60.2 Å². The van der Waals surface area contributed by atoms with Crippen LogP contribution in [0.2, 0.25) is 0 Å². The zero-order valence-electron chi connectivity index (χ0n) is 17.8. The largest absolute Gasteiger partial charge is 0.151 e. The number of nitrogens with zero attached hydrogens (tertiary/aromatic N) is 4. The predicted octanol–water partition coefficient (Wildman–Crippen LogP) is 9.71. The molecule has 0 amide bonds. The number of hydrogen-bond acceptors (Lipinski definition) is 6. The highest BCUT2D eigenvalue weighted by Gasteiger charge is 2.07. The van der Waals surface area contributed by atoms with Gasteiger partial charge >= 0.3 is 0 Å². The van der Waals surface area contributed by atoms with Crippen molar-refractivity contribution in [3.63, 3.8) is 0 Å². The van der Waals surface area contributed by atoms with Crippen molar-refractivity contribution in [2.45, 2.75) is 16.7 Å². The van der Waals surface area contributed by atoms with Crippen LogP contribution in [0.15, 0.2) is 121 Å². The average molecular weight is 465 g/mol. The van der Waals surface area contributed by atoms with E-state index in [4.69, 9.17) is 0 Å². The molecule has 5 aromatic rings. The lowest BCUT2D eigenvalue weighted by Crippen LogP contribution is -1.78. The SMILES string of the molecule is Cc1ccc(N=Nc2ccc(N=Nc3cc(S)c4cccc(S)c4c3)c3ccccc23)cc1. The molecule has 0 atom stereocenters. The van der Waals surface area contributed by atoms with Crippen LogP contribution in [0, 0.1) is 6.92 Å². The van der Waals surface area contributed by atoms with E-state index in [-0.39, 0.29) is 0 Å². The van der Waals surface area contributed by atoms with Crippen LogP contribution in [0.4, 0.5) is 22.7 Å². The second kappa shape index (κ2) is 9.17. The Hall–Kier alpha value is -3.48. The van der Waals surface area contributed by atoms with Crippen LogP contribution in [-0.2, 0) is 0 Å². The van der Waals surface area contributed by atoms with Crippen molar-refractivity contribution in [3.05, 3.63) is 96.6 Å². The van der Waals surface area contributed by atoms with Gasteiger partial charge in [0.2, 0.25) is 0 Å². The van der Waals surface area contributed by atoms with Gasteiger partial charge in [0.05, 0.1) is 22.7 Å². The first-order chi connectivity index (χ1) is 16.1. The van der Waals surface area contributed by atoms with Gasteiger partial charge in [0, 0.05) is 20.6 Å². The van der Waals surface area contributed by atoms with Crippen molar-refractivity contribution in [2.75, 3.05) is 0 Å². The molecule has 0 unspecified atom stereocenters. The number of azo groups is 2. The van der Waals surface area contributed by atoms with Crippen molar-refractivity contribution in [3.8, 4) is 0 Å². The third-order valence-corrected chi connectivity index (χ3v) is 6.15. The molecule has 0 aromatic heterocycles. The molecular weight excluding hydrogens is 444 g/mol. The normalized spacial score (nSPS) is 11.8. The summed E-state index contributed by atoms with van der Waals surface area (Å²) < 4.78 is 0. The molecule has 0 bridgehead atoms. The van der Waals surface area contributed by atoms with Gasteiger partial charge in [-0.15, -0.1) is 35.5 Å². The number of hydrogen-bond donors (Lipinski definition) is 2. The summed E-state index contributed by atoms with van der Waals surface area (Å²) in [5.74, 6) is 0. The fraction of sp³-hybridized carbons (Fsp3) is 0.0370. The molecule has 33 heavy (non-hydrogen) atoms. The number of rotatable bonds is 4. The Morgan fingerprint density at radius 1 is 0.485 bits per heavy atom. The quantitative estimate of drug-likeness (QED) is 0.196. The van der Waals surface area contributed by atoms with Gasteiger partial charge in [-0.1, -0.05) is 54.1 Å². The van der Waals surface area contributed by atoms with E-state index in [0.29, 0.717) is 0 Å². The standard InChI is InChI=1S/C27H20N4S2/c1-17-9-11-18(12-10-17)28-30-24-13-14-25(21-6-3-2-5-20(21)24)31-29-19-15-23-22(27(33)16-19)7-4-8-26(23)32/h2-16,32-33H,1H3. The summed E-state index contributed by atoms with van der Waals surface area (Å²) >= 11 is 9.19. The Bertz CT molecular complexity index is 1540. The van der Waals surface area contributed by atoms with Gasteiger partial charge in [0.1, 0.15) is 0 Å². The van der Waals surface area contributed by atoms with Crippen LogP contribution in [0.5, 0.6) is 0 Å². The summed E-state index contributed by atoms with van der Waals surface area (Å²) in [5.41, 5.74) is 4.28. The Morgan fingerprint density at radius 3 is 1.76 bits per heavy atom. The molecular formula is C27H20N4S2. The summed E-state index contributed by atoms with van der Waals surface area (Å²) in [6.45, 7) is 2.05. The highest BCUT2D eigenvalue weighted by molar-refractivity contribution is 7.81. The minimum atomic E-state index is 0.723. The van der Waals surface area contributed by atoms with Crippen LogP contribution in [-0.4, -0.2) is 0 Å². The van der Waals surface area contributed by atoms with Crippen LogP contribution < -0.4 is 0 Å². The van der Waals surface area contributed by atoms with E-state index < -0.39 is 0 Å². The van der Waals surface area contributed by atoms with Crippen molar-refractivity contribution in [1.29, 1.82) is 0 Å². The molecule has 5 rings (SSSR count). The molecule has 160 valence electrons. The molecule has 0 aliphatic heterocycles. The summed E-state index contributed by atoms with van der Waals surface area (Å²) in [4.78, 5) is 1.72. The number of benzene rings is 5. The Labute approximate surface area is 202 Å². The van der Waals surface area contributed by atoms with Gasteiger partial charge in [0.25, 0.3) is 0 Å². The summed E-state index contributed by atoms with van der Waals surface area (Å²) in [7, 11) is 0. The molecule has 0 heterocycles. The van der Waals surface area contributed by atoms with Crippen LogP contribution >= 0.6 is 25.3 Å². The van der Waals surface area contributed by atoms with Gasteiger partial charge in [-0.25, -0.2) is 0 Å². The third-order valence-electron chi connectivity index (χ3n) is 5.39. The van der Waals surface area contributed by atoms with E-state index >= 15 is 0 Å². The van der Waals surface area contributed by atoms with Gasteiger partial charge in [-0.3, -0.25) is 0 Å². The van der Waals surface area contributed by atoms with Crippen LogP contribution in [0.3, 0.4) is 0 Å². The molecule has 0 aliphatic carbocycles. The zero-order chi connectivity index (χ0) is 22.8. The van der Waals surface area contributed by atoms with Gasteiger partial charge in [0.15, 0.2) is 0 Å². The molecule has 0 saturated carbocycles. The average Bonchev–Trinajstić information content (AvgIpc) is 2.83. The van der Waals surface area contributed by atoms with Crippen molar-refractivity contribution in [2.24, 2.45) is 20.5 Å². The number of fused-ring (bicyclic) bond motifs is 2. The lowest BCUT2D eigenvalue weighted by Gasteiger charge is -2.06. The fourth-order valence-corrected chi connectivity index (χ4v) is 4.27. The maximum atomic E-state index is 4.62. The van der Waals surface area contributed by atoms with Crippen molar-refractivity contribution < 1.29 is 0 Å². The maximum absolute atomic E-state index is 4.62. The predicted molar refractivity (Wildman–Crippen MR) is 142 cm³/mol. The van der Waals surface area contributed by atoms with Crippen LogP contribution in [0.25, 0.3) is 21.5 Å². The van der Waals surface area contributed by atoms with E-state index in [1.807, 2.05) is 97.9 Å². The van der Waals surface area contributed by atoms with Crippen molar-refractivity contribution in [1.82, 2.24) is 0 Å². The van der Waals surface area contributed by atoms with Gasteiger partial charge < -0.3 is 0 Å². The molecule has 0 spiro atoms. The smallest absolute Gasteiger partial charge is 0.0936 e. The Morgan fingerprint density at radius 2 is 1.09 bits per heavy atom. The first-order valence-corrected chi connectivity index (χ1v) is 11.3. The highest BCUT2D eigenvalue weighted by Crippen LogP contribution is 2.36. The number of thiol groups is 2. The first kappa shape index (κ1) is 21.4. The molecule has 0 radical (unpaired) electrons. The second-order valence-corrected chi connectivity index (χ2v) is 8.69. The van der Waals surface area contributed by atoms with Crippen molar-refractivity contribution >= 4 is 69.6 Å². The summed E-state index contributed by atoms with van der Waals surface area (Å²) in [6.07, 6.45) is 0. The van der Waals surface area contributed by atoms with E-state index in [1.54, 1.807) is 0 Å². The summed E-state index contributed by atoms with van der Waals surface area (Å²) in [6, 6.07) is 29.6. The first-order valence-electron chi connectivity index (χ1n) is 10.4. The minimum absolute atomic E-state index is 0.723. The van der Waals surface area contributed by atoms with Gasteiger partial charge in [-0.2, -0.15) is 10.2 Å². The molecule has 0 aliphatic rings. The lowest BCUT2D eigenvalue weighted by atomic mass is 10.1. The Kier molecular flexibility index (Phi) is 5.94. The second-order valence-electron chi connectivity index (χ2n) is 7.72. The molecule has 4 nitrogen and oxygen atoms in total. The lowest BCUT2D eigenvalue weighted by molar-refractivity contribution is 1.22. The minimum Gasteiger partial charge on any atom is -0.151 e. The molecule has 6 heteroatoms. The van der Waals surface area contributed by atoms with E-state index in [9.17, 15) is 0 Å². The Balaban J connectivity index is 1.51. The van der Waals surface area contributed by atoms with Crippen LogP contribution in [0.1, 0.15) is 5.56 Å². The fourth-order valence-electron chi connectivity index (χ4n) is 3.67. The monoisotopic (exact) mass is 464 g/mol. The number of aryl methyl sites for hydroxylation is 1. The van der Waals surface area contributed by atoms with E-state index in [1.165, 1.54) is 5.56 Å². The molecule has 5 aromatic carbocycles. The van der Waals surface area contributed by atoms with E-state index in [0.717, 1.165) is 54.1 Å². The molecule has 0 N–H and O–H groups in total. The highest BCUT2D eigenvalue weighted by atomic mass is 32.1. The molecule has 0 fully saturated rings. The molecule has 0 saturated heterocycles.